The summed E-state index contributed by atoms with van der Waals surface area (Å²) in [6.07, 6.45) is 0.781. The van der Waals surface area contributed by atoms with E-state index in [0.29, 0.717) is 18.4 Å². The Kier molecular flexibility index (Phi) is 5.53. The first-order chi connectivity index (χ1) is 10.0. The molecular weight excluding hydrogens is 317 g/mol. The van der Waals surface area contributed by atoms with Gasteiger partial charge in [-0.05, 0) is 42.2 Å². The summed E-state index contributed by atoms with van der Waals surface area (Å²) in [6.45, 7) is 0. The largest absolute Gasteiger partial charge is 0.271 e. The fourth-order valence-electron chi connectivity index (χ4n) is 2.11. The second kappa shape index (κ2) is 7.18. The monoisotopic (exact) mass is 330 g/mol. The lowest BCUT2D eigenvalue weighted by Gasteiger charge is -2.17. The van der Waals surface area contributed by atoms with Crippen LogP contribution in [0.4, 0.5) is 8.78 Å². The SMILES string of the molecule is NNC(Cc1ccc(Cl)c(F)c1)Cc1cccc(Cl)c1F. The zero-order chi connectivity index (χ0) is 15.4. The van der Waals surface area contributed by atoms with Crippen LogP contribution in [0.2, 0.25) is 10.0 Å². The van der Waals surface area contributed by atoms with Gasteiger partial charge in [-0.15, -0.1) is 0 Å². The average Bonchev–Trinajstić information content (AvgIpc) is 2.47. The Morgan fingerprint density at radius 1 is 1.05 bits per heavy atom. The van der Waals surface area contributed by atoms with E-state index in [-0.39, 0.29) is 16.1 Å². The highest BCUT2D eigenvalue weighted by Crippen LogP contribution is 2.21. The molecule has 1 unspecified atom stereocenters. The molecule has 1 atom stereocenters. The molecule has 2 aromatic carbocycles. The van der Waals surface area contributed by atoms with Crippen molar-refractivity contribution in [3.05, 3.63) is 69.2 Å². The molecule has 2 nitrogen and oxygen atoms in total. The lowest BCUT2D eigenvalue weighted by molar-refractivity contribution is 0.505. The zero-order valence-corrected chi connectivity index (χ0v) is 12.6. The van der Waals surface area contributed by atoms with E-state index in [9.17, 15) is 8.78 Å². The molecule has 21 heavy (non-hydrogen) atoms. The van der Waals surface area contributed by atoms with Crippen molar-refractivity contribution in [1.29, 1.82) is 0 Å². The highest BCUT2D eigenvalue weighted by Gasteiger charge is 2.14. The molecule has 112 valence electrons. The molecule has 0 bridgehead atoms. The first-order valence-corrected chi connectivity index (χ1v) is 7.09. The number of hydrogen-bond donors (Lipinski definition) is 2. The van der Waals surface area contributed by atoms with Crippen molar-refractivity contribution in [2.24, 2.45) is 5.84 Å². The third kappa shape index (κ3) is 4.14. The molecule has 0 spiro atoms. The van der Waals surface area contributed by atoms with Gasteiger partial charge in [-0.1, -0.05) is 41.4 Å². The first-order valence-electron chi connectivity index (χ1n) is 6.34. The van der Waals surface area contributed by atoms with Crippen molar-refractivity contribution in [1.82, 2.24) is 5.43 Å². The molecule has 2 aromatic rings. The summed E-state index contributed by atoms with van der Waals surface area (Å²) >= 11 is 11.4. The third-order valence-electron chi connectivity index (χ3n) is 3.20. The van der Waals surface area contributed by atoms with Gasteiger partial charge in [0.2, 0.25) is 0 Å². The minimum Gasteiger partial charge on any atom is -0.271 e. The second-order valence-electron chi connectivity index (χ2n) is 4.73. The predicted octanol–water partition coefficient (Wildman–Crippen LogP) is 3.89. The Bertz CT molecular complexity index is 635. The Balaban J connectivity index is 2.13. The van der Waals surface area contributed by atoms with Gasteiger partial charge in [-0.2, -0.15) is 0 Å². The Hall–Kier alpha value is -1.20. The van der Waals surface area contributed by atoms with Crippen molar-refractivity contribution in [2.45, 2.75) is 18.9 Å². The maximum Gasteiger partial charge on any atom is 0.145 e. The summed E-state index contributed by atoms with van der Waals surface area (Å²) in [5.74, 6) is 4.56. The van der Waals surface area contributed by atoms with Gasteiger partial charge in [0, 0.05) is 6.04 Å². The highest BCUT2D eigenvalue weighted by molar-refractivity contribution is 6.31. The fraction of sp³-hybridized carbons (Fsp3) is 0.200. The summed E-state index contributed by atoms with van der Waals surface area (Å²) in [4.78, 5) is 0. The molecule has 0 fully saturated rings. The molecule has 3 N–H and O–H groups in total. The van der Waals surface area contributed by atoms with E-state index in [1.165, 1.54) is 18.2 Å². The van der Waals surface area contributed by atoms with Crippen molar-refractivity contribution in [2.75, 3.05) is 0 Å². The smallest absolute Gasteiger partial charge is 0.145 e. The standard InChI is InChI=1S/C15H14Cl2F2N2/c16-12-5-4-9(7-14(12)18)6-11(21-20)8-10-2-1-3-13(17)15(10)19/h1-5,7,11,21H,6,8,20H2. The van der Waals surface area contributed by atoms with E-state index in [2.05, 4.69) is 5.43 Å². The molecule has 0 aromatic heterocycles. The van der Waals surface area contributed by atoms with Crippen LogP contribution in [0.15, 0.2) is 36.4 Å². The molecule has 0 saturated carbocycles. The van der Waals surface area contributed by atoms with Gasteiger partial charge in [0.25, 0.3) is 0 Å². The average molecular weight is 331 g/mol. The van der Waals surface area contributed by atoms with E-state index in [1.54, 1.807) is 18.2 Å². The number of nitrogens with one attached hydrogen (secondary N) is 1. The van der Waals surface area contributed by atoms with Crippen molar-refractivity contribution >= 4 is 23.2 Å². The second-order valence-corrected chi connectivity index (χ2v) is 5.55. The highest BCUT2D eigenvalue weighted by atomic mass is 35.5. The molecule has 0 amide bonds. The Morgan fingerprint density at radius 3 is 2.48 bits per heavy atom. The van der Waals surface area contributed by atoms with Crippen molar-refractivity contribution in [3.8, 4) is 0 Å². The predicted molar refractivity (Wildman–Crippen MR) is 81.3 cm³/mol. The van der Waals surface area contributed by atoms with Crippen LogP contribution in [0.1, 0.15) is 11.1 Å². The molecule has 0 radical (unpaired) electrons. The quantitative estimate of drug-likeness (QED) is 0.644. The maximum atomic E-state index is 13.9. The molecule has 0 aliphatic heterocycles. The van der Waals surface area contributed by atoms with Crippen LogP contribution in [0, 0.1) is 11.6 Å². The molecule has 6 heteroatoms. The minimum absolute atomic E-state index is 0.0666. The van der Waals surface area contributed by atoms with Crippen LogP contribution in [-0.2, 0) is 12.8 Å². The Labute approximate surface area is 131 Å². The molecular formula is C15H14Cl2F2N2. The minimum atomic E-state index is -0.487. The number of hydrazine groups is 1. The van der Waals surface area contributed by atoms with Gasteiger partial charge in [0.1, 0.15) is 11.6 Å². The van der Waals surface area contributed by atoms with E-state index in [4.69, 9.17) is 29.0 Å². The first kappa shape index (κ1) is 16.2. The van der Waals surface area contributed by atoms with E-state index in [0.717, 1.165) is 5.56 Å². The molecule has 0 heterocycles. The van der Waals surface area contributed by atoms with Crippen LogP contribution in [0.5, 0.6) is 0 Å². The summed E-state index contributed by atoms with van der Waals surface area (Å²) in [6, 6.07) is 9.10. The topological polar surface area (TPSA) is 38.0 Å². The Morgan fingerprint density at radius 2 is 1.81 bits per heavy atom. The fourth-order valence-corrected chi connectivity index (χ4v) is 2.42. The van der Waals surface area contributed by atoms with Gasteiger partial charge in [0.15, 0.2) is 0 Å². The lowest BCUT2D eigenvalue weighted by Crippen LogP contribution is -2.38. The van der Waals surface area contributed by atoms with Gasteiger partial charge in [0.05, 0.1) is 10.0 Å². The molecule has 0 aliphatic carbocycles. The van der Waals surface area contributed by atoms with Crippen LogP contribution in [0.25, 0.3) is 0 Å². The van der Waals surface area contributed by atoms with Gasteiger partial charge >= 0.3 is 0 Å². The van der Waals surface area contributed by atoms with E-state index in [1.807, 2.05) is 0 Å². The normalized spacial score (nSPS) is 12.4. The van der Waals surface area contributed by atoms with Gasteiger partial charge in [-0.3, -0.25) is 11.3 Å². The van der Waals surface area contributed by atoms with Crippen molar-refractivity contribution < 1.29 is 8.78 Å². The van der Waals surface area contributed by atoms with E-state index >= 15 is 0 Å². The number of nitrogens with two attached hydrogens (primary N) is 1. The van der Waals surface area contributed by atoms with Crippen molar-refractivity contribution in [3.63, 3.8) is 0 Å². The maximum absolute atomic E-state index is 13.9. The summed E-state index contributed by atoms with van der Waals surface area (Å²) in [5.41, 5.74) is 3.80. The molecule has 0 aliphatic rings. The summed E-state index contributed by atoms with van der Waals surface area (Å²) in [5, 5.41) is 0.137. The number of halogens is 4. The van der Waals surface area contributed by atoms with Gasteiger partial charge in [-0.25, -0.2) is 8.78 Å². The number of rotatable bonds is 5. The number of benzene rings is 2. The van der Waals surface area contributed by atoms with Crippen LogP contribution >= 0.6 is 23.2 Å². The summed E-state index contributed by atoms with van der Waals surface area (Å²) in [7, 11) is 0. The van der Waals surface area contributed by atoms with Crippen LogP contribution in [0.3, 0.4) is 0 Å². The zero-order valence-electron chi connectivity index (χ0n) is 11.0. The molecule has 0 saturated heterocycles. The lowest BCUT2D eigenvalue weighted by atomic mass is 9.99. The van der Waals surface area contributed by atoms with Crippen LogP contribution < -0.4 is 11.3 Å². The van der Waals surface area contributed by atoms with Crippen LogP contribution in [-0.4, -0.2) is 6.04 Å². The third-order valence-corrected chi connectivity index (χ3v) is 3.80. The summed E-state index contributed by atoms with van der Waals surface area (Å²) < 4.78 is 27.3. The number of hydrogen-bond acceptors (Lipinski definition) is 2. The molecule has 2 rings (SSSR count). The van der Waals surface area contributed by atoms with Gasteiger partial charge < -0.3 is 0 Å². The van der Waals surface area contributed by atoms with E-state index < -0.39 is 11.6 Å².